The maximum absolute atomic E-state index is 13.2. The minimum absolute atomic E-state index is 0.114. The Labute approximate surface area is 207 Å². The topological polar surface area (TPSA) is 100 Å². The molecule has 0 saturated carbocycles. The van der Waals surface area contributed by atoms with Crippen LogP contribution in [0.25, 0.3) is 0 Å². The van der Waals surface area contributed by atoms with Gasteiger partial charge in [0.1, 0.15) is 5.75 Å². The van der Waals surface area contributed by atoms with Crippen LogP contribution in [-0.2, 0) is 0 Å². The first-order valence-electron chi connectivity index (χ1n) is 12.7. The second-order valence-corrected chi connectivity index (χ2v) is 9.18. The number of nitrogens with one attached hydrogen (secondary N) is 3. The summed E-state index contributed by atoms with van der Waals surface area (Å²) in [7, 11) is 0. The Balaban J connectivity index is 1.46. The first-order valence-corrected chi connectivity index (χ1v) is 12.7. The van der Waals surface area contributed by atoms with Gasteiger partial charge in [0.15, 0.2) is 0 Å². The molecule has 2 aliphatic heterocycles. The average Bonchev–Trinajstić information content (AvgIpc) is 3.29. The lowest BCUT2D eigenvalue weighted by Gasteiger charge is -2.29. The smallest absolute Gasteiger partial charge is 0.355 e. The maximum atomic E-state index is 13.2. The van der Waals surface area contributed by atoms with E-state index in [1.165, 1.54) is 36.8 Å². The van der Waals surface area contributed by atoms with Crippen molar-refractivity contribution < 1.29 is 14.7 Å². The average molecular weight is 481 g/mol. The minimum Gasteiger partial charge on any atom is -0.506 e. The van der Waals surface area contributed by atoms with Crippen molar-refractivity contribution in [3.63, 3.8) is 0 Å². The van der Waals surface area contributed by atoms with E-state index in [-0.39, 0.29) is 17.7 Å². The summed E-state index contributed by atoms with van der Waals surface area (Å²) in [5.74, 6) is -0.371. The second kappa shape index (κ2) is 12.4. The van der Waals surface area contributed by atoms with Crippen molar-refractivity contribution in [1.82, 2.24) is 20.9 Å². The molecular weight excluding hydrogens is 444 g/mol. The van der Waals surface area contributed by atoms with Crippen LogP contribution >= 0.6 is 0 Å². The lowest BCUT2D eigenvalue weighted by molar-refractivity contribution is 0.0794. The Kier molecular flexibility index (Phi) is 8.80. The van der Waals surface area contributed by atoms with Crippen molar-refractivity contribution >= 4 is 23.3 Å². The first-order chi connectivity index (χ1) is 17.1. The molecule has 2 aliphatic rings. The van der Waals surface area contributed by atoms with Gasteiger partial charge in [0.25, 0.3) is 5.91 Å². The SMILES string of the molecule is O=C(NN1CCCCCC1)c1ccc(NN(C(=O)NN2CCCCCC2)c2ccccc2)c(O)c1. The molecule has 9 nitrogen and oxygen atoms in total. The number of hydrazine groups is 3. The number of anilines is 2. The molecule has 188 valence electrons. The largest absolute Gasteiger partial charge is 0.506 e. The molecule has 2 aromatic rings. The molecule has 9 heteroatoms. The number of aromatic hydroxyl groups is 1. The van der Waals surface area contributed by atoms with E-state index in [0.29, 0.717) is 16.9 Å². The Bertz CT molecular complexity index is 970. The summed E-state index contributed by atoms with van der Waals surface area (Å²) in [5.41, 5.74) is 10.3. The van der Waals surface area contributed by atoms with Gasteiger partial charge in [0, 0.05) is 31.7 Å². The summed E-state index contributed by atoms with van der Waals surface area (Å²) in [6.07, 6.45) is 8.89. The standard InChI is InChI=1S/C26H36N6O3/c33-24-20-21(25(34)28-30-16-8-1-2-9-17-30)14-15-23(24)27-32(22-12-6-5-7-13-22)26(35)29-31-18-10-3-4-11-19-31/h5-7,12-15,20,27,33H,1-4,8-11,16-19H2,(H,28,34)(H,29,35). The highest BCUT2D eigenvalue weighted by atomic mass is 16.3. The lowest BCUT2D eigenvalue weighted by Crippen LogP contribution is -2.51. The summed E-state index contributed by atoms with van der Waals surface area (Å²) in [5, 5.41) is 16.0. The molecule has 0 aliphatic carbocycles. The molecule has 2 saturated heterocycles. The monoisotopic (exact) mass is 480 g/mol. The van der Waals surface area contributed by atoms with E-state index in [1.54, 1.807) is 12.1 Å². The van der Waals surface area contributed by atoms with Crippen LogP contribution in [0.15, 0.2) is 48.5 Å². The van der Waals surface area contributed by atoms with Gasteiger partial charge in [-0.2, -0.15) is 0 Å². The number of hydrogen-bond donors (Lipinski definition) is 4. The van der Waals surface area contributed by atoms with E-state index in [9.17, 15) is 14.7 Å². The van der Waals surface area contributed by atoms with Crippen molar-refractivity contribution in [2.75, 3.05) is 36.6 Å². The van der Waals surface area contributed by atoms with Gasteiger partial charge in [0.05, 0.1) is 11.4 Å². The molecule has 0 bridgehead atoms. The fourth-order valence-electron chi connectivity index (χ4n) is 4.46. The fraction of sp³-hybridized carbons (Fsp3) is 0.462. The van der Waals surface area contributed by atoms with Gasteiger partial charge in [-0.3, -0.25) is 21.1 Å². The van der Waals surface area contributed by atoms with Crippen LogP contribution < -0.4 is 21.3 Å². The third-order valence-electron chi connectivity index (χ3n) is 6.44. The lowest BCUT2D eigenvalue weighted by atomic mass is 10.2. The highest BCUT2D eigenvalue weighted by Gasteiger charge is 2.21. The van der Waals surface area contributed by atoms with Crippen molar-refractivity contribution in [2.45, 2.75) is 51.4 Å². The molecule has 2 fully saturated rings. The molecule has 0 radical (unpaired) electrons. The molecule has 0 atom stereocenters. The number of carbonyl (C=O) groups excluding carboxylic acids is 2. The van der Waals surface area contributed by atoms with E-state index in [1.807, 2.05) is 40.3 Å². The quantitative estimate of drug-likeness (QED) is 0.364. The number of para-hydroxylation sites is 1. The van der Waals surface area contributed by atoms with Gasteiger partial charge in [-0.1, -0.05) is 43.9 Å². The molecule has 35 heavy (non-hydrogen) atoms. The van der Waals surface area contributed by atoms with Crippen molar-refractivity contribution in [1.29, 1.82) is 0 Å². The fourth-order valence-corrected chi connectivity index (χ4v) is 4.46. The van der Waals surface area contributed by atoms with Crippen LogP contribution in [0.2, 0.25) is 0 Å². The predicted octanol–water partition coefficient (Wildman–Crippen LogP) is 4.25. The zero-order chi connectivity index (χ0) is 24.5. The highest BCUT2D eigenvalue weighted by molar-refractivity contribution is 5.96. The summed E-state index contributed by atoms with van der Waals surface area (Å²) in [4.78, 5) is 25.9. The number of urea groups is 1. The Morgan fingerprint density at radius 1 is 0.743 bits per heavy atom. The van der Waals surface area contributed by atoms with Crippen LogP contribution in [0.1, 0.15) is 61.7 Å². The van der Waals surface area contributed by atoms with Gasteiger partial charge in [0.2, 0.25) is 0 Å². The molecular formula is C26H36N6O3. The highest BCUT2D eigenvalue weighted by Crippen LogP contribution is 2.27. The van der Waals surface area contributed by atoms with Gasteiger partial charge >= 0.3 is 6.03 Å². The summed E-state index contributed by atoms with van der Waals surface area (Å²) in [6.45, 7) is 3.27. The number of nitrogens with zero attached hydrogens (tertiary/aromatic N) is 3. The van der Waals surface area contributed by atoms with Crippen LogP contribution in [0.3, 0.4) is 0 Å². The molecule has 0 spiro atoms. The Morgan fingerprint density at radius 2 is 1.31 bits per heavy atom. The first kappa shape index (κ1) is 24.8. The summed E-state index contributed by atoms with van der Waals surface area (Å²) in [6, 6.07) is 13.5. The van der Waals surface area contributed by atoms with Crippen molar-refractivity contribution in [3.05, 3.63) is 54.1 Å². The van der Waals surface area contributed by atoms with Crippen LogP contribution in [0.4, 0.5) is 16.2 Å². The number of rotatable bonds is 6. The van der Waals surface area contributed by atoms with E-state index in [4.69, 9.17) is 0 Å². The normalized spacial score (nSPS) is 17.6. The van der Waals surface area contributed by atoms with Crippen LogP contribution in [0.5, 0.6) is 5.75 Å². The Hall–Kier alpha value is -3.30. The molecule has 0 aromatic heterocycles. The number of amides is 3. The van der Waals surface area contributed by atoms with Crippen LogP contribution in [-0.4, -0.2) is 53.2 Å². The molecule has 3 amide bonds. The molecule has 4 N–H and O–H groups in total. The number of hydrogen-bond acceptors (Lipinski definition) is 6. The second-order valence-electron chi connectivity index (χ2n) is 9.18. The van der Waals surface area contributed by atoms with E-state index >= 15 is 0 Å². The molecule has 0 unspecified atom stereocenters. The van der Waals surface area contributed by atoms with Crippen molar-refractivity contribution in [3.8, 4) is 5.75 Å². The number of benzene rings is 2. The number of phenolic OH excluding ortho intramolecular Hbond substituents is 1. The maximum Gasteiger partial charge on any atom is 0.355 e. The van der Waals surface area contributed by atoms with E-state index in [0.717, 1.165) is 51.9 Å². The summed E-state index contributed by atoms with van der Waals surface area (Å²) < 4.78 is 0. The zero-order valence-corrected chi connectivity index (χ0v) is 20.2. The third kappa shape index (κ3) is 7.10. The number of phenols is 1. The van der Waals surface area contributed by atoms with E-state index in [2.05, 4.69) is 16.3 Å². The van der Waals surface area contributed by atoms with Crippen molar-refractivity contribution in [2.24, 2.45) is 0 Å². The van der Waals surface area contributed by atoms with Crippen LogP contribution in [0, 0.1) is 0 Å². The zero-order valence-electron chi connectivity index (χ0n) is 20.2. The predicted molar refractivity (Wildman–Crippen MR) is 137 cm³/mol. The van der Waals surface area contributed by atoms with Gasteiger partial charge in [-0.25, -0.2) is 19.8 Å². The minimum atomic E-state index is -0.347. The third-order valence-corrected chi connectivity index (χ3v) is 6.44. The van der Waals surface area contributed by atoms with Gasteiger partial charge in [-0.15, -0.1) is 0 Å². The summed E-state index contributed by atoms with van der Waals surface area (Å²) >= 11 is 0. The molecule has 4 rings (SSSR count). The van der Waals surface area contributed by atoms with E-state index < -0.39 is 0 Å². The van der Waals surface area contributed by atoms with Gasteiger partial charge in [-0.05, 0) is 56.0 Å². The Morgan fingerprint density at radius 3 is 1.89 bits per heavy atom. The number of carbonyl (C=O) groups is 2. The van der Waals surface area contributed by atoms with Gasteiger partial charge < -0.3 is 5.11 Å². The molecule has 2 heterocycles. The molecule has 2 aromatic carbocycles.